The number of nitrogens with zero attached hydrogens (tertiary/aromatic N) is 2. The number of carbonyl (C=O) groups excluding carboxylic acids is 1. The highest BCUT2D eigenvalue weighted by molar-refractivity contribution is 9.10. The van der Waals surface area contributed by atoms with Crippen LogP contribution in [0.1, 0.15) is 39.1 Å². The van der Waals surface area contributed by atoms with Crippen molar-refractivity contribution in [3.8, 4) is 0 Å². The third kappa shape index (κ3) is 3.53. The summed E-state index contributed by atoms with van der Waals surface area (Å²) in [6, 6.07) is 4.58. The van der Waals surface area contributed by atoms with Gasteiger partial charge < -0.3 is 9.72 Å². The van der Waals surface area contributed by atoms with Crippen molar-refractivity contribution in [2.24, 2.45) is 0 Å². The molecule has 1 aliphatic rings. The molecule has 1 amide bonds. The van der Waals surface area contributed by atoms with Crippen LogP contribution in [0.3, 0.4) is 0 Å². The first-order chi connectivity index (χ1) is 11.0. The summed E-state index contributed by atoms with van der Waals surface area (Å²) in [6.45, 7) is 4.43. The summed E-state index contributed by atoms with van der Waals surface area (Å²) in [5.74, 6) is -2.63. The van der Waals surface area contributed by atoms with Gasteiger partial charge in [-0.05, 0) is 39.0 Å². The molecular weight excluding hydrogens is 384 g/mol. The fourth-order valence-electron chi connectivity index (χ4n) is 2.73. The molecule has 5 nitrogen and oxygen atoms in total. The molecule has 2 heterocycles. The van der Waals surface area contributed by atoms with Crippen LogP contribution in [-0.2, 0) is 4.74 Å². The van der Waals surface area contributed by atoms with Crippen LogP contribution < -0.4 is 0 Å². The first kappa shape index (κ1) is 17.1. The van der Waals surface area contributed by atoms with Gasteiger partial charge in [0.05, 0.1) is 23.6 Å². The maximum absolute atomic E-state index is 13.9. The Morgan fingerprint density at radius 3 is 2.83 bits per heavy atom. The number of benzene rings is 1. The van der Waals surface area contributed by atoms with Gasteiger partial charge in [0.25, 0.3) is 5.92 Å². The van der Waals surface area contributed by atoms with E-state index in [2.05, 4.69) is 25.9 Å². The van der Waals surface area contributed by atoms with Crippen LogP contribution in [0.4, 0.5) is 13.6 Å². The number of imidazole rings is 1. The molecule has 1 saturated heterocycles. The van der Waals surface area contributed by atoms with Crippen molar-refractivity contribution in [2.45, 2.75) is 44.8 Å². The number of H-pyrrole nitrogens is 1. The summed E-state index contributed by atoms with van der Waals surface area (Å²) in [7, 11) is 0. The van der Waals surface area contributed by atoms with E-state index >= 15 is 0 Å². The van der Waals surface area contributed by atoms with E-state index in [1.807, 2.05) is 6.07 Å². The summed E-state index contributed by atoms with van der Waals surface area (Å²) in [4.78, 5) is 20.8. The molecule has 0 aliphatic carbocycles. The maximum atomic E-state index is 13.9. The largest absolute Gasteiger partial charge is 0.444 e. The monoisotopic (exact) mass is 401 g/mol. The highest BCUT2D eigenvalue weighted by Crippen LogP contribution is 2.41. The molecule has 0 radical (unpaired) electrons. The van der Waals surface area contributed by atoms with Crippen LogP contribution in [0.15, 0.2) is 22.7 Å². The Morgan fingerprint density at radius 1 is 1.46 bits per heavy atom. The number of alkyl halides is 2. The second kappa shape index (κ2) is 5.68. The zero-order valence-corrected chi connectivity index (χ0v) is 15.2. The van der Waals surface area contributed by atoms with E-state index in [1.165, 1.54) is 0 Å². The minimum absolute atomic E-state index is 0.339. The predicted molar refractivity (Wildman–Crippen MR) is 89.0 cm³/mol. The van der Waals surface area contributed by atoms with Crippen LogP contribution in [0.25, 0.3) is 11.0 Å². The first-order valence-electron chi connectivity index (χ1n) is 7.57. The minimum atomic E-state index is -2.97. The van der Waals surface area contributed by atoms with Crippen molar-refractivity contribution in [3.63, 3.8) is 0 Å². The average molecular weight is 402 g/mol. The number of likely N-dealkylation sites (tertiary alicyclic amines) is 1. The highest BCUT2D eigenvalue weighted by Gasteiger charge is 2.50. The zero-order valence-electron chi connectivity index (χ0n) is 13.6. The number of hydrogen-bond donors (Lipinski definition) is 1. The van der Waals surface area contributed by atoms with E-state index < -0.39 is 36.6 Å². The van der Waals surface area contributed by atoms with E-state index in [4.69, 9.17) is 4.74 Å². The molecular formula is C16H18BrF2N3O2. The van der Waals surface area contributed by atoms with E-state index in [-0.39, 0.29) is 0 Å². The SMILES string of the molecule is CC(C)(C)OC(=O)N1CC(F)(F)CC1c1nc2cc(Br)ccc2[nH]1. The van der Waals surface area contributed by atoms with Crippen molar-refractivity contribution < 1.29 is 18.3 Å². The number of hydrogen-bond acceptors (Lipinski definition) is 3. The lowest BCUT2D eigenvalue weighted by Crippen LogP contribution is -2.38. The van der Waals surface area contributed by atoms with Crippen molar-refractivity contribution in [1.29, 1.82) is 0 Å². The molecule has 130 valence electrons. The van der Waals surface area contributed by atoms with E-state index in [0.717, 1.165) is 14.9 Å². The second-order valence-corrected chi connectivity index (χ2v) is 7.88. The number of fused-ring (bicyclic) bond motifs is 1. The lowest BCUT2D eigenvalue weighted by atomic mass is 10.2. The molecule has 0 bridgehead atoms. The minimum Gasteiger partial charge on any atom is -0.444 e. The zero-order chi connectivity index (χ0) is 17.7. The molecule has 1 N–H and O–H groups in total. The number of amides is 1. The molecule has 1 aromatic carbocycles. The Balaban J connectivity index is 1.94. The summed E-state index contributed by atoms with van der Waals surface area (Å²) in [5, 5.41) is 0. The Labute approximate surface area is 146 Å². The number of aromatic amines is 1. The number of rotatable bonds is 1. The third-order valence-electron chi connectivity index (χ3n) is 3.68. The quantitative estimate of drug-likeness (QED) is 0.756. The Morgan fingerprint density at radius 2 is 2.17 bits per heavy atom. The molecule has 0 saturated carbocycles. The summed E-state index contributed by atoms with van der Waals surface area (Å²) in [6.07, 6.45) is -1.24. The lowest BCUT2D eigenvalue weighted by Gasteiger charge is -2.27. The summed E-state index contributed by atoms with van der Waals surface area (Å²) in [5.41, 5.74) is 0.629. The van der Waals surface area contributed by atoms with E-state index in [0.29, 0.717) is 11.3 Å². The molecule has 0 spiro atoms. The van der Waals surface area contributed by atoms with Gasteiger partial charge in [-0.2, -0.15) is 0 Å². The Bertz CT molecular complexity index is 785. The van der Waals surface area contributed by atoms with Gasteiger partial charge in [-0.1, -0.05) is 15.9 Å². The van der Waals surface area contributed by atoms with Crippen LogP contribution in [0, 0.1) is 0 Å². The van der Waals surface area contributed by atoms with Crippen molar-refractivity contribution in [3.05, 3.63) is 28.5 Å². The summed E-state index contributed by atoms with van der Waals surface area (Å²) >= 11 is 3.35. The summed E-state index contributed by atoms with van der Waals surface area (Å²) < 4.78 is 34.0. The molecule has 1 fully saturated rings. The number of halogens is 3. The molecule has 1 atom stereocenters. The predicted octanol–water partition coefficient (Wildman–Crippen LogP) is 4.64. The number of nitrogens with one attached hydrogen (secondary N) is 1. The average Bonchev–Trinajstić information content (AvgIpc) is 2.96. The number of carbonyl (C=O) groups is 1. The van der Waals surface area contributed by atoms with Crippen molar-refractivity contribution in [1.82, 2.24) is 14.9 Å². The van der Waals surface area contributed by atoms with E-state index in [9.17, 15) is 13.6 Å². The van der Waals surface area contributed by atoms with Crippen LogP contribution in [0.5, 0.6) is 0 Å². The van der Waals surface area contributed by atoms with Crippen molar-refractivity contribution in [2.75, 3.05) is 6.54 Å². The van der Waals surface area contributed by atoms with Crippen LogP contribution >= 0.6 is 15.9 Å². The molecule has 1 aliphatic heterocycles. The number of ether oxygens (including phenoxy) is 1. The van der Waals surface area contributed by atoms with Gasteiger partial charge in [0.1, 0.15) is 11.4 Å². The Kier molecular flexibility index (Phi) is 4.06. The topological polar surface area (TPSA) is 58.2 Å². The molecule has 1 unspecified atom stereocenters. The van der Waals surface area contributed by atoms with E-state index in [1.54, 1.807) is 32.9 Å². The highest BCUT2D eigenvalue weighted by atomic mass is 79.9. The van der Waals surface area contributed by atoms with Gasteiger partial charge in [0.2, 0.25) is 0 Å². The smallest absolute Gasteiger partial charge is 0.411 e. The lowest BCUT2D eigenvalue weighted by molar-refractivity contribution is -0.00248. The second-order valence-electron chi connectivity index (χ2n) is 6.97. The molecule has 1 aromatic heterocycles. The normalized spacial score (nSPS) is 20.6. The maximum Gasteiger partial charge on any atom is 0.411 e. The molecule has 24 heavy (non-hydrogen) atoms. The van der Waals surface area contributed by atoms with Crippen molar-refractivity contribution >= 4 is 33.1 Å². The fraction of sp³-hybridized carbons (Fsp3) is 0.500. The third-order valence-corrected chi connectivity index (χ3v) is 4.17. The van der Waals surface area contributed by atoms with Gasteiger partial charge >= 0.3 is 6.09 Å². The number of aromatic nitrogens is 2. The first-order valence-corrected chi connectivity index (χ1v) is 8.36. The molecule has 8 heteroatoms. The van der Waals surface area contributed by atoms with Crippen LogP contribution in [0.2, 0.25) is 0 Å². The van der Waals surface area contributed by atoms with Gasteiger partial charge in [-0.3, -0.25) is 4.90 Å². The Hall–Kier alpha value is -1.70. The van der Waals surface area contributed by atoms with Gasteiger partial charge in [-0.25, -0.2) is 18.6 Å². The van der Waals surface area contributed by atoms with Gasteiger partial charge in [0.15, 0.2) is 0 Å². The van der Waals surface area contributed by atoms with Crippen LogP contribution in [-0.4, -0.2) is 39.0 Å². The standard InChI is InChI=1S/C16H18BrF2N3O2/c1-15(2,3)24-14(23)22-8-16(18,19)7-12(22)13-20-10-5-4-9(17)6-11(10)21-13/h4-6,12H,7-8H2,1-3H3,(H,20,21). The van der Waals surface area contributed by atoms with Gasteiger partial charge in [0, 0.05) is 10.9 Å². The van der Waals surface area contributed by atoms with Gasteiger partial charge in [-0.15, -0.1) is 0 Å². The molecule has 2 aromatic rings. The molecule has 3 rings (SSSR count). The fourth-order valence-corrected chi connectivity index (χ4v) is 3.08.